The Hall–Kier alpha value is -0.990. The molecule has 2 heterocycles. The molecule has 0 bridgehead atoms. The maximum atomic E-state index is 9.24. The van der Waals surface area contributed by atoms with Crippen molar-refractivity contribution in [3.63, 3.8) is 0 Å². The van der Waals surface area contributed by atoms with E-state index < -0.39 is 5.54 Å². The lowest BCUT2D eigenvalue weighted by molar-refractivity contribution is 0.0411. The number of rotatable bonds is 6. The van der Waals surface area contributed by atoms with Crippen LogP contribution in [0.15, 0.2) is 11.6 Å². The highest BCUT2D eigenvalue weighted by molar-refractivity contribution is 7.15. The molecule has 0 saturated heterocycles. The van der Waals surface area contributed by atoms with E-state index in [4.69, 9.17) is 0 Å². The van der Waals surface area contributed by atoms with Crippen LogP contribution in [0.2, 0.25) is 0 Å². The highest BCUT2D eigenvalue weighted by Crippen LogP contribution is 2.17. The van der Waals surface area contributed by atoms with E-state index in [1.807, 2.05) is 22.9 Å². The molecule has 100 valence electrons. The molecule has 18 heavy (non-hydrogen) atoms. The quantitative estimate of drug-likeness (QED) is 0.569. The smallest absolute Gasteiger partial charge is 0.194 e. The van der Waals surface area contributed by atoms with Gasteiger partial charge < -0.3 is 15.3 Å². The lowest BCUT2D eigenvalue weighted by Crippen LogP contribution is -2.54. The maximum absolute atomic E-state index is 9.24. The van der Waals surface area contributed by atoms with Crippen molar-refractivity contribution in [3.8, 4) is 0 Å². The Balaban J connectivity index is 2.18. The molecule has 0 unspecified atom stereocenters. The minimum Gasteiger partial charge on any atom is -0.394 e. The van der Waals surface area contributed by atoms with Crippen LogP contribution in [0.5, 0.6) is 0 Å². The zero-order chi connectivity index (χ0) is 13.2. The number of hydrogen-bond donors (Lipinski definition) is 4. The number of nitrogens with one attached hydrogen (secondary N) is 1. The van der Waals surface area contributed by atoms with E-state index in [2.05, 4.69) is 10.3 Å². The molecular weight excluding hydrogens is 254 g/mol. The molecule has 2 aromatic heterocycles. The fourth-order valence-electron chi connectivity index (χ4n) is 1.74. The molecule has 0 amide bonds. The minimum absolute atomic E-state index is 0.329. The molecule has 0 aliphatic rings. The average Bonchev–Trinajstić information content (AvgIpc) is 2.93. The van der Waals surface area contributed by atoms with E-state index in [1.54, 1.807) is 11.3 Å². The molecule has 0 fully saturated rings. The predicted octanol–water partition coefficient (Wildman–Crippen LogP) is -0.490. The van der Waals surface area contributed by atoms with E-state index >= 15 is 0 Å². The first-order valence-corrected chi connectivity index (χ1v) is 6.52. The summed E-state index contributed by atoms with van der Waals surface area (Å²) in [5.74, 6) is 0. The number of aliphatic hydroxyl groups is 3. The van der Waals surface area contributed by atoms with Gasteiger partial charge in [-0.25, -0.2) is 4.98 Å². The van der Waals surface area contributed by atoms with Gasteiger partial charge in [-0.15, -0.1) is 11.3 Å². The number of nitrogens with zero attached hydrogens (tertiary/aromatic N) is 2. The van der Waals surface area contributed by atoms with Gasteiger partial charge >= 0.3 is 0 Å². The molecule has 2 aromatic rings. The summed E-state index contributed by atoms with van der Waals surface area (Å²) in [4.78, 5) is 5.31. The Bertz CT molecular complexity index is 510. The van der Waals surface area contributed by atoms with Crippen LogP contribution in [-0.4, -0.2) is 50.1 Å². The van der Waals surface area contributed by atoms with Gasteiger partial charge in [0.25, 0.3) is 0 Å². The fourth-order valence-corrected chi connectivity index (χ4v) is 2.52. The molecule has 4 N–H and O–H groups in total. The van der Waals surface area contributed by atoms with Gasteiger partial charge in [0, 0.05) is 18.1 Å². The molecule has 0 aliphatic carbocycles. The van der Waals surface area contributed by atoms with Gasteiger partial charge in [-0.3, -0.25) is 9.72 Å². The second-order valence-corrected chi connectivity index (χ2v) is 5.18. The summed E-state index contributed by atoms with van der Waals surface area (Å²) >= 11 is 1.55. The van der Waals surface area contributed by atoms with Crippen molar-refractivity contribution >= 4 is 16.3 Å². The molecule has 0 saturated carbocycles. The first-order valence-electron chi connectivity index (χ1n) is 5.64. The fraction of sp³-hybridized carbons (Fsp3) is 0.545. The Kier molecular flexibility index (Phi) is 3.98. The number of thiazole rings is 1. The summed E-state index contributed by atoms with van der Waals surface area (Å²) in [6, 6.07) is 0. The van der Waals surface area contributed by atoms with Crippen LogP contribution >= 0.6 is 11.3 Å². The van der Waals surface area contributed by atoms with Crippen molar-refractivity contribution < 1.29 is 15.3 Å². The Morgan fingerprint density at radius 3 is 2.61 bits per heavy atom. The number of aryl methyl sites for hydroxylation is 1. The third kappa shape index (κ3) is 2.27. The van der Waals surface area contributed by atoms with Gasteiger partial charge in [0.2, 0.25) is 0 Å². The highest BCUT2D eigenvalue weighted by Gasteiger charge is 2.27. The van der Waals surface area contributed by atoms with E-state index in [-0.39, 0.29) is 19.8 Å². The normalized spacial score (nSPS) is 12.4. The molecule has 2 rings (SSSR count). The first kappa shape index (κ1) is 13.4. The van der Waals surface area contributed by atoms with Gasteiger partial charge in [0.1, 0.15) is 0 Å². The lowest BCUT2D eigenvalue weighted by atomic mass is 10.0. The third-order valence-corrected chi connectivity index (χ3v) is 3.86. The van der Waals surface area contributed by atoms with E-state index in [9.17, 15) is 15.3 Å². The molecule has 7 heteroatoms. The van der Waals surface area contributed by atoms with Crippen molar-refractivity contribution in [3.05, 3.63) is 23.0 Å². The van der Waals surface area contributed by atoms with E-state index in [0.29, 0.717) is 6.54 Å². The molecule has 0 spiro atoms. The molecule has 0 atom stereocenters. The number of aromatic nitrogens is 2. The molecule has 0 aliphatic heterocycles. The zero-order valence-corrected chi connectivity index (χ0v) is 10.9. The Labute approximate surface area is 109 Å². The first-order chi connectivity index (χ1) is 8.65. The van der Waals surface area contributed by atoms with E-state index in [1.165, 1.54) is 0 Å². The van der Waals surface area contributed by atoms with Crippen LogP contribution in [0.25, 0.3) is 4.96 Å². The maximum Gasteiger partial charge on any atom is 0.194 e. The van der Waals surface area contributed by atoms with Crippen molar-refractivity contribution in [2.75, 3.05) is 19.8 Å². The Morgan fingerprint density at radius 2 is 2.00 bits per heavy atom. The van der Waals surface area contributed by atoms with Gasteiger partial charge in [-0.2, -0.15) is 0 Å². The number of fused-ring (bicyclic) bond motifs is 1. The monoisotopic (exact) mass is 271 g/mol. The minimum atomic E-state index is -1.06. The summed E-state index contributed by atoms with van der Waals surface area (Å²) < 4.78 is 1.96. The summed E-state index contributed by atoms with van der Waals surface area (Å²) in [6.45, 7) is 1.35. The van der Waals surface area contributed by atoms with Crippen molar-refractivity contribution in [1.82, 2.24) is 14.7 Å². The second-order valence-electron chi connectivity index (χ2n) is 4.31. The van der Waals surface area contributed by atoms with Gasteiger partial charge in [0.15, 0.2) is 4.96 Å². The lowest BCUT2D eigenvalue weighted by Gasteiger charge is -2.28. The number of imidazole rings is 1. The van der Waals surface area contributed by atoms with Crippen molar-refractivity contribution in [1.29, 1.82) is 0 Å². The molecular formula is C11H17N3O3S. The highest BCUT2D eigenvalue weighted by atomic mass is 32.1. The molecule has 0 radical (unpaired) electrons. The van der Waals surface area contributed by atoms with Crippen molar-refractivity contribution in [2.24, 2.45) is 0 Å². The van der Waals surface area contributed by atoms with Crippen LogP contribution < -0.4 is 5.32 Å². The number of aliphatic hydroxyl groups excluding tert-OH is 3. The second kappa shape index (κ2) is 5.33. The summed E-state index contributed by atoms with van der Waals surface area (Å²) in [5.41, 5.74) is 0.801. The van der Waals surface area contributed by atoms with Gasteiger partial charge in [-0.1, -0.05) is 0 Å². The van der Waals surface area contributed by atoms with Crippen LogP contribution in [0.1, 0.15) is 11.4 Å². The van der Waals surface area contributed by atoms with E-state index in [0.717, 1.165) is 16.3 Å². The van der Waals surface area contributed by atoms with Gasteiger partial charge in [0.05, 0.1) is 36.7 Å². The van der Waals surface area contributed by atoms with Crippen LogP contribution in [0.4, 0.5) is 0 Å². The van der Waals surface area contributed by atoms with Crippen LogP contribution in [-0.2, 0) is 6.54 Å². The van der Waals surface area contributed by atoms with Gasteiger partial charge in [-0.05, 0) is 6.92 Å². The average molecular weight is 271 g/mol. The largest absolute Gasteiger partial charge is 0.394 e. The summed E-state index contributed by atoms with van der Waals surface area (Å²) in [5, 5.41) is 32.7. The topological polar surface area (TPSA) is 90.0 Å². The molecule has 6 nitrogen and oxygen atoms in total. The van der Waals surface area contributed by atoms with Crippen LogP contribution in [0, 0.1) is 6.92 Å². The summed E-state index contributed by atoms with van der Waals surface area (Å²) in [6.07, 6.45) is 1.93. The van der Waals surface area contributed by atoms with Crippen molar-refractivity contribution in [2.45, 2.75) is 19.0 Å². The third-order valence-electron chi connectivity index (χ3n) is 3.10. The van der Waals surface area contributed by atoms with Crippen LogP contribution in [0.3, 0.4) is 0 Å². The molecule has 0 aromatic carbocycles. The summed E-state index contributed by atoms with van der Waals surface area (Å²) in [7, 11) is 0. The zero-order valence-electron chi connectivity index (χ0n) is 10.1. The predicted molar refractivity (Wildman–Crippen MR) is 68.6 cm³/mol. The standard InChI is InChI=1S/C11H17N3O3S/c1-8-9(14-2-3-18-10(14)13-8)4-12-11(5-15,6-16)7-17/h2-3,12,15-17H,4-7H2,1H3. The number of hydrogen-bond acceptors (Lipinski definition) is 6. The SMILES string of the molecule is Cc1nc2sccn2c1CNC(CO)(CO)CO. The Morgan fingerprint density at radius 1 is 1.33 bits per heavy atom.